The quantitative estimate of drug-likeness (QED) is 0.562. The monoisotopic (exact) mass is 221 g/mol. The molecule has 0 aliphatic heterocycles. The minimum absolute atomic E-state index is 0.00255. The molecule has 0 fully saturated rings. The third kappa shape index (κ3) is 2.95. The van der Waals surface area contributed by atoms with E-state index in [2.05, 4.69) is 11.9 Å². The van der Waals surface area contributed by atoms with E-state index in [-0.39, 0.29) is 5.78 Å². The van der Waals surface area contributed by atoms with Gasteiger partial charge in [-0.2, -0.15) is 0 Å². The van der Waals surface area contributed by atoms with Crippen molar-refractivity contribution in [1.29, 1.82) is 0 Å². The Morgan fingerprint density at radius 1 is 1.56 bits per heavy atom. The standard InChI is InChI=1S/C12H19N3O/c1-5-7-15-10(2)13-9-11(15)12(16)6-8-14(3)4/h6,8-9H,5,7H2,1-4H3. The summed E-state index contributed by atoms with van der Waals surface area (Å²) >= 11 is 0. The molecule has 0 spiro atoms. The summed E-state index contributed by atoms with van der Waals surface area (Å²) in [6.45, 7) is 4.84. The van der Waals surface area contributed by atoms with E-state index in [9.17, 15) is 4.79 Å². The van der Waals surface area contributed by atoms with Crippen LogP contribution in [0.1, 0.15) is 29.7 Å². The predicted octanol–water partition coefficient (Wildman–Crippen LogP) is 1.86. The van der Waals surface area contributed by atoms with Crippen molar-refractivity contribution in [2.24, 2.45) is 0 Å². The molecule has 4 nitrogen and oxygen atoms in total. The topological polar surface area (TPSA) is 38.1 Å². The molecule has 1 heterocycles. The Labute approximate surface area is 96.6 Å². The summed E-state index contributed by atoms with van der Waals surface area (Å²) in [5.74, 6) is 0.895. The second-order valence-corrected chi connectivity index (χ2v) is 3.99. The molecule has 1 rings (SSSR count). The Kier molecular flexibility index (Phi) is 4.28. The molecule has 1 aromatic rings. The number of carbonyl (C=O) groups excluding carboxylic acids is 1. The number of aromatic nitrogens is 2. The highest BCUT2D eigenvalue weighted by Crippen LogP contribution is 2.07. The minimum atomic E-state index is 0.00255. The van der Waals surface area contributed by atoms with Crippen molar-refractivity contribution in [3.05, 3.63) is 30.0 Å². The van der Waals surface area contributed by atoms with Gasteiger partial charge in [0, 0.05) is 32.9 Å². The van der Waals surface area contributed by atoms with Crippen LogP contribution in [0, 0.1) is 6.92 Å². The number of ketones is 1. The Balaban J connectivity index is 2.91. The maximum atomic E-state index is 11.9. The lowest BCUT2D eigenvalue weighted by Gasteiger charge is -2.07. The van der Waals surface area contributed by atoms with Gasteiger partial charge in [-0.25, -0.2) is 4.98 Å². The number of rotatable bonds is 5. The first-order chi connectivity index (χ1) is 7.56. The first-order valence-corrected chi connectivity index (χ1v) is 5.47. The fourth-order valence-electron chi connectivity index (χ4n) is 1.47. The van der Waals surface area contributed by atoms with Gasteiger partial charge in [0.15, 0.2) is 0 Å². The van der Waals surface area contributed by atoms with Crippen molar-refractivity contribution >= 4 is 5.78 Å². The zero-order valence-electron chi connectivity index (χ0n) is 10.4. The van der Waals surface area contributed by atoms with Crippen LogP contribution in [-0.4, -0.2) is 34.3 Å². The Bertz CT molecular complexity index is 391. The molecule has 4 heteroatoms. The van der Waals surface area contributed by atoms with Crippen LogP contribution < -0.4 is 0 Å². The van der Waals surface area contributed by atoms with Crippen LogP contribution in [0.2, 0.25) is 0 Å². The number of allylic oxidation sites excluding steroid dienone is 1. The Morgan fingerprint density at radius 2 is 2.25 bits per heavy atom. The summed E-state index contributed by atoms with van der Waals surface area (Å²) in [5.41, 5.74) is 0.664. The summed E-state index contributed by atoms with van der Waals surface area (Å²) in [5, 5.41) is 0. The fraction of sp³-hybridized carbons (Fsp3) is 0.500. The van der Waals surface area contributed by atoms with Crippen LogP contribution in [0.4, 0.5) is 0 Å². The summed E-state index contributed by atoms with van der Waals surface area (Å²) in [6.07, 6.45) is 5.96. The van der Waals surface area contributed by atoms with Gasteiger partial charge >= 0.3 is 0 Å². The molecule has 0 unspecified atom stereocenters. The van der Waals surface area contributed by atoms with E-state index < -0.39 is 0 Å². The van der Waals surface area contributed by atoms with Gasteiger partial charge in [0.2, 0.25) is 5.78 Å². The van der Waals surface area contributed by atoms with Crippen LogP contribution in [0.15, 0.2) is 18.5 Å². The van der Waals surface area contributed by atoms with Crippen LogP contribution in [-0.2, 0) is 6.54 Å². The van der Waals surface area contributed by atoms with E-state index in [0.29, 0.717) is 5.69 Å². The third-order valence-corrected chi connectivity index (χ3v) is 2.28. The van der Waals surface area contributed by atoms with Crippen molar-refractivity contribution in [2.45, 2.75) is 26.8 Å². The van der Waals surface area contributed by atoms with E-state index in [4.69, 9.17) is 0 Å². The molecule has 0 N–H and O–H groups in total. The molecular formula is C12H19N3O. The molecular weight excluding hydrogens is 202 g/mol. The average Bonchev–Trinajstić information content (AvgIpc) is 2.58. The molecule has 0 saturated heterocycles. The highest BCUT2D eigenvalue weighted by Gasteiger charge is 2.11. The van der Waals surface area contributed by atoms with Gasteiger partial charge in [0.1, 0.15) is 11.5 Å². The maximum Gasteiger partial charge on any atom is 0.205 e. The molecule has 1 aromatic heterocycles. The van der Waals surface area contributed by atoms with Gasteiger partial charge in [-0.05, 0) is 13.3 Å². The van der Waals surface area contributed by atoms with Crippen molar-refractivity contribution in [3.8, 4) is 0 Å². The number of hydrogen-bond donors (Lipinski definition) is 0. The largest absolute Gasteiger partial charge is 0.383 e. The first kappa shape index (κ1) is 12.5. The smallest absolute Gasteiger partial charge is 0.205 e. The molecule has 0 aliphatic rings. The van der Waals surface area contributed by atoms with Gasteiger partial charge in [0.25, 0.3) is 0 Å². The van der Waals surface area contributed by atoms with Crippen LogP contribution in [0.25, 0.3) is 0 Å². The molecule has 0 bridgehead atoms. The lowest BCUT2D eigenvalue weighted by molar-refractivity contribution is 0.103. The van der Waals surface area contributed by atoms with Crippen LogP contribution in [0.3, 0.4) is 0 Å². The van der Waals surface area contributed by atoms with E-state index in [1.165, 1.54) is 0 Å². The first-order valence-electron chi connectivity index (χ1n) is 5.47. The normalized spacial score (nSPS) is 11.0. The molecule has 0 radical (unpaired) electrons. The number of nitrogens with zero attached hydrogens (tertiary/aromatic N) is 3. The van der Waals surface area contributed by atoms with Crippen LogP contribution >= 0.6 is 0 Å². The maximum absolute atomic E-state index is 11.9. The molecule has 0 saturated carbocycles. The number of imidazole rings is 1. The zero-order chi connectivity index (χ0) is 12.1. The van der Waals surface area contributed by atoms with Crippen molar-refractivity contribution in [3.63, 3.8) is 0 Å². The van der Waals surface area contributed by atoms with Gasteiger partial charge in [0.05, 0.1) is 6.20 Å². The Morgan fingerprint density at radius 3 is 2.81 bits per heavy atom. The van der Waals surface area contributed by atoms with Crippen molar-refractivity contribution in [1.82, 2.24) is 14.5 Å². The number of carbonyl (C=O) groups is 1. The van der Waals surface area contributed by atoms with Crippen molar-refractivity contribution in [2.75, 3.05) is 14.1 Å². The Hall–Kier alpha value is -1.58. The van der Waals surface area contributed by atoms with Crippen molar-refractivity contribution < 1.29 is 4.79 Å². The molecule has 0 aliphatic carbocycles. The second-order valence-electron chi connectivity index (χ2n) is 3.99. The lowest BCUT2D eigenvalue weighted by Crippen LogP contribution is -2.10. The summed E-state index contributed by atoms with van der Waals surface area (Å²) in [7, 11) is 3.77. The molecule has 0 atom stereocenters. The highest BCUT2D eigenvalue weighted by molar-refractivity contribution is 6.03. The third-order valence-electron chi connectivity index (χ3n) is 2.28. The predicted molar refractivity (Wildman–Crippen MR) is 64.4 cm³/mol. The second kappa shape index (κ2) is 5.49. The van der Waals surface area contributed by atoms with Gasteiger partial charge in [-0.15, -0.1) is 0 Å². The van der Waals surface area contributed by atoms with E-state index >= 15 is 0 Å². The van der Waals surface area contributed by atoms with E-state index in [1.807, 2.05) is 30.5 Å². The summed E-state index contributed by atoms with van der Waals surface area (Å²) in [6, 6.07) is 0. The zero-order valence-corrected chi connectivity index (χ0v) is 10.4. The fourth-order valence-corrected chi connectivity index (χ4v) is 1.47. The minimum Gasteiger partial charge on any atom is -0.383 e. The lowest BCUT2D eigenvalue weighted by atomic mass is 10.3. The molecule has 0 amide bonds. The summed E-state index contributed by atoms with van der Waals surface area (Å²) < 4.78 is 1.96. The van der Waals surface area contributed by atoms with E-state index in [1.54, 1.807) is 18.5 Å². The summed E-state index contributed by atoms with van der Waals surface area (Å²) in [4.78, 5) is 17.9. The van der Waals surface area contributed by atoms with Gasteiger partial charge in [-0.3, -0.25) is 4.79 Å². The van der Waals surface area contributed by atoms with Gasteiger partial charge in [-0.1, -0.05) is 6.92 Å². The molecule has 0 aromatic carbocycles. The van der Waals surface area contributed by atoms with Gasteiger partial charge < -0.3 is 9.47 Å². The average molecular weight is 221 g/mol. The SMILES string of the molecule is CCCn1c(C(=O)C=CN(C)C)cnc1C. The van der Waals surface area contributed by atoms with E-state index in [0.717, 1.165) is 18.8 Å². The highest BCUT2D eigenvalue weighted by atomic mass is 16.1. The number of hydrogen-bond acceptors (Lipinski definition) is 3. The molecule has 16 heavy (non-hydrogen) atoms. The number of aryl methyl sites for hydroxylation is 1. The molecule has 88 valence electrons. The van der Waals surface area contributed by atoms with Crippen LogP contribution in [0.5, 0.6) is 0 Å².